The van der Waals surface area contributed by atoms with E-state index < -0.39 is 0 Å². The zero-order valence-electron chi connectivity index (χ0n) is 10.7. The predicted octanol–water partition coefficient (Wildman–Crippen LogP) is 1.87. The average Bonchev–Trinajstić information content (AvgIpc) is 3.09. The van der Waals surface area contributed by atoms with Crippen LogP contribution in [0.5, 0.6) is 0 Å². The highest BCUT2D eigenvalue weighted by molar-refractivity contribution is 5.95. The number of hydrogen-bond acceptors (Lipinski definition) is 3. The molecule has 2 aromatic rings. The largest absolute Gasteiger partial charge is 0.384 e. The van der Waals surface area contributed by atoms with Crippen molar-refractivity contribution >= 4 is 11.6 Å². The summed E-state index contributed by atoms with van der Waals surface area (Å²) in [6.07, 6.45) is 4.53. The van der Waals surface area contributed by atoms with Crippen LogP contribution < -0.4 is 10.6 Å². The Morgan fingerprint density at radius 3 is 3.16 bits per heavy atom. The Morgan fingerprint density at radius 2 is 2.37 bits per heavy atom. The zero-order valence-corrected chi connectivity index (χ0v) is 10.7. The highest BCUT2D eigenvalue weighted by atomic mass is 16.1. The predicted molar refractivity (Wildman–Crippen MR) is 73.1 cm³/mol. The summed E-state index contributed by atoms with van der Waals surface area (Å²) >= 11 is 0. The molecule has 0 fully saturated rings. The number of nitrogens with one attached hydrogen (secondary N) is 3. The van der Waals surface area contributed by atoms with Gasteiger partial charge in [-0.1, -0.05) is 6.07 Å². The standard InChI is InChI=1S/C14H16N4O/c1-9(12-7-16-17-8-12)18-14(19)11-3-2-10-4-5-15-13(10)6-11/h2-3,6-9,15H,4-5H2,1H3,(H,16,17)(H,18,19). The van der Waals surface area contributed by atoms with Crippen molar-refractivity contribution in [2.75, 3.05) is 11.9 Å². The molecule has 0 saturated carbocycles. The molecule has 0 spiro atoms. The van der Waals surface area contributed by atoms with E-state index in [0.717, 1.165) is 24.2 Å². The number of amides is 1. The molecular formula is C14H16N4O. The van der Waals surface area contributed by atoms with Crippen molar-refractivity contribution in [2.24, 2.45) is 0 Å². The number of benzene rings is 1. The van der Waals surface area contributed by atoms with Crippen molar-refractivity contribution in [2.45, 2.75) is 19.4 Å². The number of aromatic amines is 1. The maximum Gasteiger partial charge on any atom is 0.251 e. The Hall–Kier alpha value is -2.30. The lowest BCUT2D eigenvalue weighted by Gasteiger charge is -2.12. The molecule has 2 heterocycles. The molecule has 98 valence electrons. The van der Waals surface area contributed by atoms with Crippen molar-refractivity contribution < 1.29 is 4.79 Å². The Kier molecular flexibility index (Phi) is 2.95. The molecule has 19 heavy (non-hydrogen) atoms. The van der Waals surface area contributed by atoms with Gasteiger partial charge in [-0.15, -0.1) is 0 Å². The molecule has 3 N–H and O–H groups in total. The van der Waals surface area contributed by atoms with E-state index in [-0.39, 0.29) is 11.9 Å². The van der Waals surface area contributed by atoms with E-state index >= 15 is 0 Å². The van der Waals surface area contributed by atoms with Crippen molar-refractivity contribution in [1.82, 2.24) is 15.5 Å². The average molecular weight is 256 g/mol. The van der Waals surface area contributed by atoms with Gasteiger partial charge < -0.3 is 10.6 Å². The molecule has 5 nitrogen and oxygen atoms in total. The van der Waals surface area contributed by atoms with Gasteiger partial charge >= 0.3 is 0 Å². The summed E-state index contributed by atoms with van der Waals surface area (Å²) in [5, 5.41) is 12.9. The zero-order chi connectivity index (χ0) is 13.2. The third-order valence-electron chi connectivity index (χ3n) is 3.45. The number of anilines is 1. The third kappa shape index (κ3) is 2.31. The van der Waals surface area contributed by atoms with Gasteiger partial charge in [-0.3, -0.25) is 9.89 Å². The number of carbonyl (C=O) groups is 1. The Morgan fingerprint density at radius 1 is 1.47 bits per heavy atom. The number of rotatable bonds is 3. The first-order chi connectivity index (χ1) is 9.24. The molecule has 1 aromatic carbocycles. The van der Waals surface area contributed by atoms with Crippen LogP contribution in [0.25, 0.3) is 0 Å². The molecule has 5 heteroatoms. The van der Waals surface area contributed by atoms with Crippen molar-refractivity contribution in [1.29, 1.82) is 0 Å². The SMILES string of the molecule is CC(NC(=O)c1ccc2c(c1)NCC2)c1cn[nH]c1. The van der Waals surface area contributed by atoms with Crippen LogP contribution in [0.3, 0.4) is 0 Å². The maximum absolute atomic E-state index is 12.2. The van der Waals surface area contributed by atoms with Gasteiger partial charge in [0.25, 0.3) is 5.91 Å². The normalized spacial score (nSPS) is 14.6. The highest BCUT2D eigenvalue weighted by Crippen LogP contribution is 2.23. The number of nitrogens with zero attached hydrogens (tertiary/aromatic N) is 1. The molecule has 1 atom stereocenters. The third-order valence-corrected chi connectivity index (χ3v) is 3.45. The summed E-state index contributed by atoms with van der Waals surface area (Å²) in [6, 6.07) is 5.75. The summed E-state index contributed by atoms with van der Waals surface area (Å²) in [7, 11) is 0. The first-order valence-electron chi connectivity index (χ1n) is 6.40. The molecule has 0 saturated heterocycles. The molecule has 1 amide bonds. The quantitative estimate of drug-likeness (QED) is 0.785. The Balaban J connectivity index is 1.74. The molecule has 0 radical (unpaired) electrons. The fourth-order valence-electron chi connectivity index (χ4n) is 2.29. The first kappa shape index (κ1) is 11.8. The van der Waals surface area contributed by atoms with Crippen LogP contribution in [0.2, 0.25) is 0 Å². The fraction of sp³-hybridized carbons (Fsp3) is 0.286. The van der Waals surface area contributed by atoms with E-state index in [9.17, 15) is 4.79 Å². The highest BCUT2D eigenvalue weighted by Gasteiger charge is 2.15. The molecule has 1 unspecified atom stereocenters. The lowest BCUT2D eigenvalue weighted by Crippen LogP contribution is -2.26. The van der Waals surface area contributed by atoms with Crippen molar-refractivity contribution in [3.8, 4) is 0 Å². The molecular weight excluding hydrogens is 240 g/mol. The molecule has 0 aliphatic carbocycles. The molecule has 3 rings (SSSR count). The number of hydrogen-bond donors (Lipinski definition) is 3. The minimum Gasteiger partial charge on any atom is -0.384 e. The van der Waals surface area contributed by atoms with Gasteiger partial charge in [0.1, 0.15) is 0 Å². The second kappa shape index (κ2) is 4.76. The number of aromatic nitrogens is 2. The van der Waals surface area contributed by atoms with E-state index in [1.54, 1.807) is 12.4 Å². The molecule has 1 aliphatic heterocycles. The van der Waals surface area contributed by atoms with Crippen LogP contribution in [0.4, 0.5) is 5.69 Å². The van der Waals surface area contributed by atoms with Gasteiger partial charge in [-0.2, -0.15) is 5.10 Å². The minimum atomic E-state index is -0.0646. The van der Waals surface area contributed by atoms with Crippen LogP contribution in [-0.4, -0.2) is 22.6 Å². The van der Waals surface area contributed by atoms with Gasteiger partial charge in [0.05, 0.1) is 12.2 Å². The van der Waals surface area contributed by atoms with Gasteiger partial charge in [-0.25, -0.2) is 0 Å². The Bertz CT molecular complexity index is 591. The van der Waals surface area contributed by atoms with E-state index in [4.69, 9.17) is 0 Å². The van der Waals surface area contributed by atoms with Gasteiger partial charge in [0.2, 0.25) is 0 Å². The van der Waals surface area contributed by atoms with Gasteiger partial charge in [0, 0.05) is 29.6 Å². The molecule has 0 bridgehead atoms. The Labute approximate surface area is 111 Å². The summed E-state index contributed by atoms with van der Waals surface area (Å²) in [5.41, 5.74) is 4.00. The molecule has 1 aliphatic rings. The maximum atomic E-state index is 12.2. The number of H-pyrrole nitrogens is 1. The second-order valence-corrected chi connectivity index (χ2v) is 4.78. The lowest BCUT2D eigenvalue weighted by atomic mass is 10.1. The van der Waals surface area contributed by atoms with E-state index in [0.29, 0.717) is 5.56 Å². The van der Waals surface area contributed by atoms with Crippen LogP contribution in [0.1, 0.15) is 34.5 Å². The molecule has 1 aromatic heterocycles. The van der Waals surface area contributed by atoms with Crippen LogP contribution in [0.15, 0.2) is 30.6 Å². The van der Waals surface area contributed by atoms with Crippen LogP contribution in [-0.2, 0) is 6.42 Å². The van der Waals surface area contributed by atoms with E-state index in [1.165, 1.54) is 5.56 Å². The van der Waals surface area contributed by atoms with E-state index in [2.05, 4.69) is 20.8 Å². The van der Waals surface area contributed by atoms with Crippen molar-refractivity contribution in [3.63, 3.8) is 0 Å². The van der Waals surface area contributed by atoms with Gasteiger partial charge in [-0.05, 0) is 31.0 Å². The van der Waals surface area contributed by atoms with Crippen LogP contribution >= 0.6 is 0 Å². The van der Waals surface area contributed by atoms with Crippen molar-refractivity contribution in [3.05, 3.63) is 47.3 Å². The summed E-state index contributed by atoms with van der Waals surface area (Å²) in [4.78, 5) is 12.2. The van der Waals surface area contributed by atoms with Gasteiger partial charge in [0.15, 0.2) is 0 Å². The monoisotopic (exact) mass is 256 g/mol. The second-order valence-electron chi connectivity index (χ2n) is 4.78. The summed E-state index contributed by atoms with van der Waals surface area (Å²) < 4.78 is 0. The smallest absolute Gasteiger partial charge is 0.251 e. The van der Waals surface area contributed by atoms with Crippen LogP contribution in [0, 0.1) is 0 Å². The van der Waals surface area contributed by atoms with E-state index in [1.807, 2.05) is 25.1 Å². The summed E-state index contributed by atoms with van der Waals surface area (Å²) in [6.45, 7) is 2.89. The number of fused-ring (bicyclic) bond motifs is 1. The lowest BCUT2D eigenvalue weighted by molar-refractivity contribution is 0.0940. The summed E-state index contributed by atoms with van der Waals surface area (Å²) in [5.74, 6) is -0.0646. The minimum absolute atomic E-state index is 0.0625. The fourth-order valence-corrected chi connectivity index (χ4v) is 2.29. The topological polar surface area (TPSA) is 69.8 Å². The first-order valence-corrected chi connectivity index (χ1v) is 6.40. The number of carbonyl (C=O) groups excluding carboxylic acids is 1.